The molecule has 0 N–H and O–H groups in total. The van der Waals surface area contributed by atoms with Gasteiger partial charge in [0.2, 0.25) is 0 Å². The molecule has 1 heterocycles. The topological polar surface area (TPSA) is 60.4 Å². The van der Waals surface area contributed by atoms with Crippen molar-refractivity contribution in [3.8, 4) is 0 Å². The Balaban J connectivity index is 2.59. The van der Waals surface area contributed by atoms with Gasteiger partial charge in [-0.25, -0.2) is 12.8 Å². The number of ether oxygens (including phenoxy) is 1. The molecule has 0 aromatic carbocycles. The highest BCUT2D eigenvalue weighted by Gasteiger charge is 2.39. The first-order valence-corrected chi connectivity index (χ1v) is 5.68. The molecular formula is C7H11FO4S. The van der Waals surface area contributed by atoms with Crippen molar-refractivity contribution in [3.63, 3.8) is 0 Å². The Morgan fingerprint density at radius 1 is 1.54 bits per heavy atom. The number of hydrogen-bond acceptors (Lipinski definition) is 4. The third-order valence-electron chi connectivity index (χ3n) is 2.05. The van der Waals surface area contributed by atoms with Crippen LogP contribution in [0.1, 0.15) is 6.42 Å². The quantitative estimate of drug-likeness (QED) is 0.599. The van der Waals surface area contributed by atoms with Crippen molar-refractivity contribution in [1.82, 2.24) is 0 Å². The minimum Gasteiger partial charge on any atom is -0.469 e. The van der Waals surface area contributed by atoms with Crippen molar-refractivity contribution in [3.05, 3.63) is 0 Å². The van der Waals surface area contributed by atoms with Gasteiger partial charge in [0.25, 0.3) is 0 Å². The molecule has 0 saturated carbocycles. The summed E-state index contributed by atoms with van der Waals surface area (Å²) in [7, 11) is -2.09. The van der Waals surface area contributed by atoms with E-state index in [0.717, 1.165) is 0 Å². The molecule has 0 aromatic rings. The van der Waals surface area contributed by atoms with Crippen LogP contribution in [0.5, 0.6) is 0 Å². The van der Waals surface area contributed by atoms with Gasteiger partial charge in [-0.3, -0.25) is 4.79 Å². The van der Waals surface area contributed by atoms with Crippen LogP contribution < -0.4 is 0 Å². The summed E-state index contributed by atoms with van der Waals surface area (Å²) in [6.45, 7) is 0. The van der Waals surface area contributed by atoms with E-state index < -0.39 is 33.6 Å². The molecule has 0 bridgehead atoms. The van der Waals surface area contributed by atoms with E-state index in [2.05, 4.69) is 4.74 Å². The molecular weight excluding hydrogens is 199 g/mol. The summed E-state index contributed by atoms with van der Waals surface area (Å²) in [6.07, 6.45) is -1.58. The van der Waals surface area contributed by atoms with E-state index in [9.17, 15) is 17.6 Å². The Labute approximate surface area is 76.0 Å². The zero-order chi connectivity index (χ0) is 10.1. The van der Waals surface area contributed by atoms with Gasteiger partial charge in [-0.2, -0.15) is 0 Å². The predicted octanol–water partition coefficient (Wildman–Crippen LogP) is -0.0678. The highest BCUT2D eigenvalue weighted by Crippen LogP contribution is 2.25. The third-order valence-corrected chi connectivity index (χ3v) is 3.81. The Morgan fingerprint density at radius 2 is 2.15 bits per heavy atom. The molecule has 76 valence electrons. The standard InChI is InChI=1S/C7H11FO4S/c1-12-7(9)2-5-3-13(10,11)4-6(5)8/h5-6H,2-4H2,1H3/t5-,6-/m1/s1. The van der Waals surface area contributed by atoms with E-state index in [1.54, 1.807) is 0 Å². The molecule has 0 aliphatic carbocycles. The van der Waals surface area contributed by atoms with E-state index in [1.165, 1.54) is 7.11 Å². The average Bonchev–Trinajstić information content (AvgIpc) is 2.24. The van der Waals surface area contributed by atoms with Gasteiger partial charge in [0, 0.05) is 5.92 Å². The van der Waals surface area contributed by atoms with Gasteiger partial charge >= 0.3 is 5.97 Å². The third kappa shape index (κ3) is 2.65. The summed E-state index contributed by atoms with van der Waals surface area (Å²) in [5.41, 5.74) is 0. The van der Waals surface area contributed by atoms with Crippen molar-refractivity contribution in [2.75, 3.05) is 18.6 Å². The van der Waals surface area contributed by atoms with Gasteiger partial charge < -0.3 is 4.74 Å². The number of sulfone groups is 1. The number of carbonyl (C=O) groups is 1. The Hall–Kier alpha value is -0.650. The van der Waals surface area contributed by atoms with Gasteiger partial charge in [-0.15, -0.1) is 0 Å². The highest BCUT2D eigenvalue weighted by molar-refractivity contribution is 7.91. The summed E-state index contributed by atoms with van der Waals surface area (Å²) in [5, 5.41) is 0. The largest absolute Gasteiger partial charge is 0.469 e. The van der Waals surface area contributed by atoms with Gasteiger partial charge in [0.15, 0.2) is 9.84 Å². The predicted molar refractivity (Wildman–Crippen MR) is 43.7 cm³/mol. The van der Waals surface area contributed by atoms with Gasteiger partial charge in [0.05, 0.1) is 25.0 Å². The summed E-state index contributed by atoms with van der Waals surface area (Å²) in [4.78, 5) is 10.7. The van der Waals surface area contributed by atoms with Crippen LogP contribution in [0.3, 0.4) is 0 Å². The maximum Gasteiger partial charge on any atom is 0.305 e. The average molecular weight is 210 g/mol. The lowest BCUT2D eigenvalue weighted by Gasteiger charge is -2.07. The number of rotatable bonds is 2. The molecule has 0 unspecified atom stereocenters. The summed E-state index contributed by atoms with van der Waals surface area (Å²) >= 11 is 0. The fourth-order valence-electron chi connectivity index (χ4n) is 1.36. The van der Waals surface area contributed by atoms with E-state index >= 15 is 0 Å². The summed E-state index contributed by atoms with van der Waals surface area (Å²) in [5.74, 6) is -2.00. The minimum absolute atomic E-state index is 0.156. The first-order valence-electron chi connectivity index (χ1n) is 3.86. The molecule has 1 fully saturated rings. The van der Waals surface area contributed by atoms with Crippen LogP contribution in [0.4, 0.5) is 4.39 Å². The Morgan fingerprint density at radius 3 is 2.54 bits per heavy atom. The monoisotopic (exact) mass is 210 g/mol. The van der Waals surface area contributed by atoms with Crippen molar-refractivity contribution < 1.29 is 22.3 Å². The normalized spacial score (nSPS) is 31.5. The number of esters is 1. The molecule has 1 aliphatic heterocycles. The lowest BCUT2D eigenvalue weighted by molar-refractivity contribution is -0.141. The van der Waals surface area contributed by atoms with Crippen LogP contribution in [-0.2, 0) is 19.4 Å². The molecule has 1 saturated heterocycles. The molecule has 4 nitrogen and oxygen atoms in total. The second-order valence-electron chi connectivity index (χ2n) is 3.13. The second kappa shape index (κ2) is 3.61. The van der Waals surface area contributed by atoms with Crippen molar-refractivity contribution >= 4 is 15.8 Å². The van der Waals surface area contributed by atoms with E-state index in [4.69, 9.17) is 0 Å². The summed E-state index contributed by atoms with van der Waals surface area (Å²) < 4.78 is 39.2. The number of hydrogen-bond donors (Lipinski definition) is 0. The van der Waals surface area contributed by atoms with Gasteiger partial charge in [-0.05, 0) is 0 Å². The molecule has 2 atom stereocenters. The first kappa shape index (κ1) is 10.4. The fraction of sp³-hybridized carbons (Fsp3) is 0.857. The Kier molecular flexibility index (Phi) is 2.90. The van der Waals surface area contributed by atoms with Crippen molar-refractivity contribution in [2.24, 2.45) is 5.92 Å². The van der Waals surface area contributed by atoms with Gasteiger partial charge in [-0.1, -0.05) is 0 Å². The second-order valence-corrected chi connectivity index (χ2v) is 5.29. The van der Waals surface area contributed by atoms with Crippen molar-refractivity contribution in [1.29, 1.82) is 0 Å². The maximum absolute atomic E-state index is 13.0. The first-order chi connectivity index (χ1) is 5.94. The minimum atomic E-state index is -3.28. The lowest BCUT2D eigenvalue weighted by Crippen LogP contribution is -2.18. The van der Waals surface area contributed by atoms with E-state index in [1.807, 2.05) is 0 Å². The molecule has 0 amide bonds. The van der Waals surface area contributed by atoms with Crippen LogP contribution in [0, 0.1) is 5.92 Å². The smallest absolute Gasteiger partial charge is 0.305 e. The SMILES string of the molecule is COC(=O)C[C@@H]1CS(=O)(=O)C[C@H]1F. The fourth-order valence-corrected chi connectivity index (χ4v) is 3.23. The number of methoxy groups -OCH3 is 1. The number of alkyl halides is 1. The molecule has 0 spiro atoms. The van der Waals surface area contributed by atoms with Crippen LogP contribution in [0.15, 0.2) is 0 Å². The van der Waals surface area contributed by atoms with Crippen molar-refractivity contribution in [2.45, 2.75) is 12.6 Å². The summed E-state index contributed by atoms with van der Waals surface area (Å²) in [6, 6.07) is 0. The van der Waals surface area contributed by atoms with E-state index in [-0.39, 0.29) is 12.2 Å². The number of carbonyl (C=O) groups excluding carboxylic acids is 1. The zero-order valence-corrected chi connectivity index (χ0v) is 8.01. The van der Waals surface area contributed by atoms with Crippen LogP contribution in [0.25, 0.3) is 0 Å². The van der Waals surface area contributed by atoms with E-state index in [0.29, 0.717) is 0 Å². The molecule has 6 heteroatoms. The van der Waals surface area contributed by atoms with Crippen LogP contribution in [0.2, 0.25) is 0 Å². The molecule has 1 aliphatic rings. The Bertz CT molecular complexity index is 298. The molecule has 1 rings (SSSR count). The molecule has 0 aromatic heterocycles. The van der Waals surface area contributed by atoms with Gasteiger partial charge in [0.1, 0.15) is 6.17 Å². The van der Waals surface area contributed by atoms with Crippen LogP contribution in [-0.4, -0.2) is 39.2 Å². The van der Waals surface area contributed by atoms with Crippen LogP contribution >= 0.6 is 0 Å². The molecule has 13 heavy (non-hydrogen) atoms. The number of halogens is 1. The maximum atomic E-state index is 13.0. The lowest BCUT2D eigenvalue weighted by atomic mass is 10.0. The highest BCUT2D eigenvalue weighted by atomic mass is 32.2. The molecule has 0 radical (unpaired) electrons. The zero-order valence-electron chi connectivity index (χ0n) is 7.20.